The van der Waals surface area contributed by atoms with Gasteiger partial charge in [0.05, 0.1) is 19.8 Å². The normalized spacial score (nSPS) is 15.2. The van der Waals surface area contributed by atoms with Crippen molar-refractivity contribution in [3.05, 3.63) is 53.3 Å². The lowest BCUT2D eigenvalue weighted by Gasteiger charge is -2.26. The molecule has 110 valence electrons. The quantitative estimate of drug-likeness (QED) is 0.920. The predicted octanol–water partition coefficient (Wildman–Crippen LogP) is 1.40. The van der Waals surface area contributed by atoms with Gasteiger partial charge in [0.1, 0.15) is 0 Å². The van der Waals surface area contributed by atoms with Crippen LogP contribution < -0.4 is 4.90 Å². The molecule has 21 heavy (non-hydrogen) atoms. The summed E-state index contributed by atoms with van der Waals surface area (Å²) in [6.45, 7) is 3.23. The van der Waals surface area contributed by atoms with Gasteiger partial charge in [0, 0.05) is 31.9 Å². The molecule has 0 spiro atoms. The molecule has 5 heteroatoms. The van der Waals surface area contributed by atoms with Crippen molar-refractivity contribution in [3.8, 4) is 0 Å². The van der Waals surface area contributed by atoms with Crippen LogP contribution in [-0.4, -0.2) is 41.4 Å². The van der Waals surface area contributed by atoms with Gasteiger partial charge in [0.2, 0.25) is 5.95 Å². The highest BCUT2D eigenvalue weighted by atomic mass is 16.5. The van der Waals surface area contributed by atoms with Crippen molar-refractivity contribution in [2.45, 2.75) is 13.0 Å². The van der Waals surface area contributed by atoms with Crippen LogP contribution in [0, 0.1) is 0 Å². The molecule has 0 saturated carbocycles. The van der Waals surface area contributed by atoms with E-state index in [0.717, 1.165) is 55.4 Å². The van der Waals surface area contributed by atoms with Gasteiger partial charge < -0.3 is 14.7 Å². The lowest BCUT2D eigenvalue weighted by Crippen LogP contribution is -2.37. The van der Waals surface area contributed by atoms with Gasteiger partial charge in [-0.2, -0.15) is 0 Å². The monoisotopic (exact) mass is 285 g/mol. The first-order chi connectivity index (χ1) is 10.3. The van der Waals surface area contributed by atoms with E-state index in [1.54, 1.807) is 0 Å². The van der Waals surface area contributed by atoms with Crippen LogP contribution in [0.3, 0.4) is 0 Å². The molecule has 1 aromatic heterocycles. The van der Waals surface area contributed by atoms with Crippen molar-refractivity contribution in [3.63, 3.8) is 0 Å². The number of hydrogen-bond acceptors (Lipinski definition) is 5. The maximum Gasteiger partial charge on any atom is 0.225 e. The Hall–Kier alpha value is -1.98. The van der Waals surface area contributed by atoms with Crippen molar-refractivity contribution in [2.24, 2.45) is 0 Å². The van der Waals surface area contributed by atoms with E-state index in [9.17, 15) is 0 Å². The minimum absolute atomic E-state index is 0.0698. The lowest BCUT2D eigenvalue weighted by molar-refractivity contribution is 0.122. The van der Waals surface area contributed by atoms with Gasteiger partial charge in [-0.1, -0.05) is 24.3 Å². The van der Waals surface area contributed by atoms with Gasteiger partial charge in [0.25, 0.3) is 0 Å². The number of aliphatic hydroxyl groups is 1. The van der Waals surface area contributed by atoms with Crippen LogP contribution in [0.4, 0.5) is 5.95 Å². The van der Waals surface area contributed by atoms with Crippen molar-refractivity contribution in [1.29, 1.82) is 0 Å². The third-order valence-corrected chi connectivity index (χ3v) is 3.57. The number of hydrogen-bond donors (Lipinski definition) is 1. The first-order valence-electron chi connectivity index (χ1n) is 7.17. The summed E-state index contributed by atoms with van der Waals surface area (Å²) in [7, 11) is 0. The van der Waals surface area contributed by atoms with Crippen LogP contribution in [0.5, 0.6) is 0 Å². The average molecular weight is 285 g/mol. The second kappa shape index (κ2) is 6.65. The molecule has 0 radical (unpaired) electrons. The molecule has 0 amide bonds. The van der Waals surface area contributed by atoms with Gasteiger partial charge in [0.15, 0.2) is 0 Å². The molecule has 0 aliphatic carbocycles. The Morgan fingerprint density at radius 3 is 2.48 bits per heavy atom. The number of ether oxygens (including phenoxy) is 1. The Balaban J connectivity index is 1.68. The largest absolute Gasteiger partial charge is 0.392 e. The summed E-state index contributed by atoms with van der Waals surface area (Å²) in [6, 6.07) is 7.94. The summed E-state index contributed by atoms with van der Waals surface area (Å²) >= 11 is 0. The Bertz CT molecular complexity index is 580. The average Bonchev–Trinajstić information content (AvgIpc) is 2.56. The van der Waals surface area contributed by atoms with E-state index < -0.39 is 0 Å². The van der Waals surface area contributed by atoms with Gasteiger partial charge in [-0.25, -0.2) is 9.97 Å². The fourth-order valence-corrected chi connectivity index (χ4v) is 2.44. The van der Waals surface area contributed by atoms with Crippen LogP contribution in [0.2, 0.25) is 0 Å². The maximum atomic E-state index is 9.17. The first kappa shape index (κ1) is 14.0. The van der Waals surface area contributed by atoms with E-state index in [0.29, 0.717) is 0 Å². The fourth-order valence-electron chi connectivity index (χ4n) is 2.44. The van der Waals surface area contributed by atoms with E-state index in [1.807, 2.05) is 30.6 Å². The number of aliphatic hydroxyl groups excluding tert-OH is 1. The molecular weight excluding hydrogens is 266 g/mol. The molecule has 1 aromatic carbocycles. The summed E-state index contributed by atoms with van der Waals surface area (Å²) in [4.78, 5) is 11.0. The highest BCUT2D eigenvalue weighted by molar-refractivity contribution is 5.32. The minimum atomic E-state index is 0.0698. The second-order valence-corrected chi connectivity index (χ2v) is 5.15. The maximum absolute atomic E-state index is 9.17. The van der Waals surface area contributed by atoms with Crippen molar-refractivity contribution in [2.75, 3.05) is 31.2 Å². The predicted molar refractivity (Wildman–Crippen MR) is 80.2 cm³/mol. The van der Waals surface area contributed by atoms with Gasteiger partial charge in [-0.15, -0.1) is 0 Å². The zero-order valence-electron chi connectivity index (χ0n) is 11.9. The molecule has 2 heterocycles. The Morgan fingerprint density at radius 1 is 1.05 bits per heavy atom. The number of anilines is 1. The van der Waals surface area contributed by atoms with Crippen LogP contribution in [-0.2, 0) is 17.8 Å². The number of benzene rings is 1. The van der Waals surface area contributed by atoms with Crippen LogP contribution in [0.1, 0.15) is 16.7 Å². The molecule has 1 N–H and O–H groups in total. The zero-order valence-corrected chi connectivity index (χ0v) is 11.9. The summed E-state index contributed by atoms with van der Waals surface area (Å²) in [6.07, 6.45) is 4.53. The molecule has 0 bridgehead atoms. The number of aromatic nitrogens is 2. The van der Waals surface area contributed by atoms with E-state index in [-0.39, 0.29) is 6.61 Å². The molecule has 5 nitrogen and oxygen atoms in total. The lowest BCUT2D eigenvalue weighted by atomic mass is 10.1. The third kappa shape index (κ3) is 3.56. The van der Waals surface area contributed by atoms with E-state index >= 15 is 0 Å². The van der Waals surface area contributed by atoms with E-state index in [4.69, 9.17) is 9.84 Å². The van der Waals surface area contributed by atoms with Gasteiger partial charge in [-0.05, 0) is 16.7 Å². The highest BCUT2D eigenvalue weighted by Crippen LogP contribution is 2.13. The smallest absolute Gasteiger partial charge is 0.225 e. The third-order valence-electron chi connectivity index (χ3n) is 3.57. The molecule has 0 unspecified atom stereocenters. The molecular formula is C16H19N3O2. The van der Waals surface area contributed by atoms with E-state index in [1.165, 1.54) is 0 Å². The first-order valence-corrected chi connectivity index (χ1v) is 7.17. The van der Waals surface area contributed by atoms with Crippen LogP contribution in [0.25, 0.3) is 0 Å². The van der Waals surface area contributed by atoms with Gasteiger partial charge in [-0.3, -0.25) is 0 Å². The standard InChI is InChI=1S/C16H19N3O2/c20-12-14-3-1-2-13(8-14)9-15-10-17-16(18-11-15)19-4-6-21-7-5-19/h1-3,8,10-11,20H,4-7,9,12H2. The van der Waals surface area contributed by atoms with Gasteiger partial charge >= 0.3 is 0 Å². The molecule has 3 rings (SSSR count). The second-order valence-electron chi connectivity index (χ2n) is 5.15. The molecule has 1 aliphatic heterocycles. The SMILES string of the molecule is OCc1cccc(Cc2cnc(N3CCOCC3)nc2)c1. The number of nitrogens with zero attached hydrogens (tertiary/aromatic N) is 3. The molecule has 1 aliphatic rings. The topological polar surface area (TPSA) is 58.5 Å². The fraction of sp³-hybridized carbons (Fsp3) is 0.375. The molecule has 1 fully saturated rings. The zero-order chi connectivity index (χ0) is 14.5. The summed E-state index contributed by atoms with van der Waals surface area (Å²) in [5.41, 5.74) is 3.16. The Labute approximate surface area is 124 Å². The number of rotatable bonds is 4. The molecule has 1 saturated heterocycles. The van der Waals surface area contributed by atoms with Crippen LogP contribution in [0.15, 0.2) is 36.7 Å². The van der Waals surface area contributed by atoms with Crippen molar-refractivity contribution >= 4 is 5.95 Å². The summed E-state index contributed by atoms with van der Waals surface area (Å²) < 4.78 is 5.33. The Morgan fingerprint density at radius 2 is 1.76 bits per heavy atom. The van der Waals surface area contributed by atoms with Crippen molar-refractivity contribution in [1.82, 2.24) is 9.97 Å². The Kier molecular flexibility index (Phi) is 4.43. The summed E-state index contributed by atoms with van der Waals surface area (Å²) in [5, 5.41) is 9.17. The molecule has 2 aromatic rings. The minimum Gasteiger partial charge on any atom is -0.392 e. The number of morpholine rings is 1. The van der Waals surface area contributed by atoms with Crippen LogP contribution >= 0.6 is 0 Å². The highest BCUT2D eigenvalue weighted by Gasteiger charge is 2.13. The van der Waals surface area contributed by atoms with Crippen molar-refractivity contribution < 1.29 is 9.84 Å². The molecule has 0 atom stereocenters. The summed E-state index contributed by atoms with van der Waals surface area (Å²) in [5.74, 6) is 0.770. The van der Waals surface area contributed by atoms with E-state index in [2.05, 4.69) is 20.9 Å².